The summed E-state index contributed by atoms with van der Waals surface area (Å²) in [6, 6.07) is 5.16. The van der Waals surface area contributed by atoms with Crippen LogP contribution in [0.25, 0.3) is 0 Å². The molecule has 0 aliphatic heterocycles. The molecule has 112 valence electrons. The van der Waals surface area contributed by atoms with Crippen molar-refractivity contribution in [3.05, 3.63) is 34.9 Å². The van der Waals surface area contributed by atoms with E-state index in [1.807, 2.05) is 0 Å². The molecule has 3 nitrogen and oxygen atoms in total. The zero-order valence-electron chi connectivity index (χ0n) is 11.1. The second kappa shape index (κ2) is 7.01. The number of benzene rings is 1. The molecule has 0 amide bonds. The molecule has 0 aromatic heterocycles. The minimum Gasteiger partial charge on any atom is -0.395 e. The van der Waals surface area contributed by atoms with Gasteiger partial charge in [-0.05, 0) is 24.1 Å². The van der Waals surface area contributed by atoms with Crippen molar-refractivity contribution in [1.82, 2.24) is 4.90 Å². The molecule has 0 saturated heterocycles. The number of thiocarbonyl (C=S) groups is 1. The molecule has 0 spiro atoms. The molecular formula is C13H17F3N2OS. The van der Waals surface area contributed by atoms with Crippen LogP contribution in [0.5, 0.6) is 0 Å². The lowest BCUT2D eigenvalue weighted by Crippen LogP contribution is -2.35. The van der Waals surface area contributed by atoms with E-state index < -0.39 is 12.7 Å². The molecule has 0 bridgehead atoms. The lowest BCUT2D eigenvalue weighted by atomic mass is 10.0. The van der Waals surface area contributed by atoms with Gasteiger partial charge < -0.3 is 10.8 Å². The first-order chi connectivity index (χ1) is 9.23. The fourth-order valence-electron chi connectivity index (χ4n) is 1.88. The molecule has 0 radical (unpaired) electrons. The number of aryl methyl sites for hydroxylation is 1. The summed E-state index contributed by atoms with van der Waals surface area (Å²) in [4.78, 5) is 1.41. The molecule has 20 heavy (non-hydrogen) atoms. The van der Waals surface area contributed by atoms with Gasteiger partial charge in [0.1, 0.15) is 4.99 Å². The highest BCUT2D eigenvalue weighted by Gasteiger charge is 2.30. The number of nitrogens with two attached hydrogens (primary N) is 1. The van der Waals surface area contributed by atoms with E-state index in [-0.39, 0.29) is 24.7 Å². The van der Waals surface area contributed by atoms with Crippen molar-refractivity contribution in [2.75, 3.05) is 19.7 Å². The summed E-state index contributed by atoms with van der Waals surface area (Å²) in [6.07, 6.45) is -4.29. The largest absolute Gasteiger partial charge is 0.401 e. The standard InChI is InChI=1S/C13H17F3N2OS/c1-9-6-10(12(17)20)2-3-11(9)7-18(4-5-19)8-13(14,15)16/h2-3,6,19H,4-5,7-8H2,1H3,(H2,17,20). The molecule has 1 rings (SSSR count). The Balaban J connectivity index is 2.85. The molecule has 3 N–H and O–H groups in total. The number of hydrogen-bond donors (Lipinski definition) is 2. The highest BCUT2D eigenvalue weighted by molar-refractivity contribution is 7.80. The Bertz CT molecular complexity index is 477. The maximum Gasteiger partial charge on any atom is 0.401 e. The number of aliphatic hydroxyl groups is 1. The van der Waals surface area contributed by atoms with Crippen molar-refractivity contribution in [3.8, 4) is 0 Å². The van der Waals surface area contributed by atoms with E-state index in [1.54, 1.807) is 25.1 Å². The molecule has 0 aliphatic rings. The Kier molecular flexibility index (Phi) is 5.91. The maximum absolute atomic E-state index is 12.4. The third-order valence-corrected chi connectivity index (χ3v) is 3.08. The second-order valence-electron chi connectivity index (χ2n) is 4.55. The number of rotatable bonds is 6. The summed E-state index contributed by atoms with van der Waals surface area (Å²) >= 11 is 4.85. The Morgan fingerprint density at radius 3 is 2.50 bits per heavy atom. The Morgan fingerprint density at radius 2 is 2.05 bits per heavy atom. The van der Waals surface area contributed by atoms with Crippen LogP contribution in [0.3, 0.4) is 0 Å². The number of halogens is 3. The molecule has 0 fully saturated rings. The lowest BCUT2D eigenvalue weighted by Gasteiger charge is -2.23. The highest BCUT2D eigenvalue weighted by Crippen LogP contribution is 2.19. The van der Waals surface area contributed by atoms with Gasteiger partial charge in [-0.1, -0.05) is 24.4 Å². The van der Waals surface area contributed by atoms with Crippen molar-refractivity contribution < 1.29 is 18.3 Å². The summed E-state index contributed by atoms with van der Waals surface area (Å²) in [5.74, 6) is 0. The Labute approximate surface area is 121 Å². The molecule has 1 aromatic rings. The van der Waals surface area contributed by atoms with Crippen molar-refractivity contribution in [1.29, 1.82) is 0 Å². The van der Waals surface area contributed by atoms with E-state index in [0.717, 1.165) is 16.0 Å². The molecule has 0 saturated carbocycles. The molecule has 1 aromatic carbocycles. The van der Waals surface area contributed by atoms with Gasteiger partial charge in [0.05, 0.1) is 13.2 Å². The van der Waals surface area contributed by atoms with E-state index in [2.05, 4.69) is 0 Å². The first kappa shape index (κ1) is 16.9. The van der Waals surface area contributed by atoms with Crippen molar-refractivity contribution >= 4 is 17.2 Å². The van der Waals surface area contributed by atoms with Gasteiger partial charge in [-0.15, -0.1) is 0 Å². The predicted molar refractivity (Wildman–Crippen MR) is 75.5 cm³/mol. The summed E-state index contributed by atoms with van der Waals surface area (Å²) in [5.41, 5.74) is 7.76. The first-order valence-electron chi connectivity index (χ1n) is 6.02. The van der Waals surface area contributed by atoms with Crippen LogP contribution in [0.15, 0.2) is 18.2 Å². The molecule has 0 atom stereocenters. The van der Waals surface area contributed by atoms with Crippen LogP contribution in [0.2, 0.25) is 0 Å². The second-order valence-corrected chi connectivity index (χ2v) is 4.99. The van der Waals surface area contributed by atoms with E-state index in [4.69, 9.17) is 23.1 Å². The van der Waals surface area contributed by atoms with Gasteiger partial charge in [-0.2, -0.15) is 13.2 Å². The SMILES string of the molecule is Cc1cc(C(N)=S)ccc1CN(CCO)CC(F)(F)F. The van der Waals surface area contributed by atoms with Crippen LogP contribution in [0.4, 0.5) is 13.2 Å². The monoisotopic (exact) mass is 306 g/mol. The van der Waals surface area contributed by atoms with E-state index in [0.29, 0.717) is 5.56 Å². The van der Waals surface area contributed by atoms with E-state index >= 15 is 0 Å². The average molecular weight is 306 g/mol. The average Bonchev–Trinajstić information content (AvgIpc) is 2.29. The van der Waals surface area contributed by atoms with Gasteiger partial charge in [-0.3, -0.25) is 4.90 Å². The summed E-state index contributed by atoms with van der Waals surface area (Å²) in [7, 11) is 0. The van der Waals surface area contributed by atoms with E-state index in [1.165, 1.54) is 0 Å². The topological polar surface area (TPSA) is 49.5 Å². The van der Waals surface area contributed by atoms with Crippen molar-refractivity contribution in [2.45, 2.75) is 19.6 Å². The van der Waals surface area contributed by atoms with Crippen LogP contribution < -0.4 is 5.73 Å². The Hall–Kier alpha value is -1.18. The summed E-state index contributed by atoms with van der Waals surface area (Å²) < 4.78 is 37.3. The fraction of sp³-hybridized carbons (Fsp3) is 0.462. The van der Waals surface area contributed by atoms with Crippen LogP contribution >= 0.6 is 12.2 Å². The lowest BCUT2D eigenvalue weighted by molar-refractivity contribution is -0.148. The molecular weight excluding hydrogens is 289 g/mol. The molecule has 7 heteroatoms. The number of nitrogens with zero attached hydrogens (tertiary/aromatic N) is 1. The van der Waals surface area contributed by atoms with Gasteiger partial charge >= 0.3 is 6.18 Å². The zero-order chi connectivity index (χ0) is 15.3. The third-order valence-electron chi connectivity index (χ3n) is 2.84. The van der Waals surface area contributed by atoms with Crippen LogP contribution in [0, 0.1) is 6.92 Å². The van der Waals surface area contributed by atoms with Gasteiger partial charge in [0.2, 0.25) is 0 Å². The predicted octanol–water partition coefficient (Wildman–Crippen LogP) is 1.99. The van der Waals surface area contributed by atoms with Crippen LogP contribution in [-0.2, 0) is 6.54 Å². The van der Waals surface area contributed by atoms with Gasteiger partial charge in [0.15, 0.2) is 0 Å². The number of aliphatic hydroxyl groups excluding tert-OH is 1. The van der Waals surface area contributed by atoms with Crippen LogP contribution in [-0.4, -0.2) is 40.9 Å². The quantitative estimate of drug-likeness (QED) is 0.789. The summed E-state index contributed by atoms with van der Waals surface area (Å²) in [6.45, 7) is 0.505. The van der Waals surface area contributed by atoms with Gasteiger partial charge in [0, 0.05) is 18.7 Å². The van der Waals surface area contributed by atoms with Crippen molar-refractivity contribution in [2.24, 2.45) is 5.73 Å². The fourth-order valence-corrected chi connectivity index (χ4v) is 2.00. The maximum atomic E-state index is 12.4. The molecule has 0 unspecified atom stereocenters. The van der Waals surface area contributed by atoms with Gasteiger partial charge in [0.25, 0.3) is 0 Å². The minimum atomic E-state index is -4.29. The van der Waals surface area contributed by atoms with Gasteiger partial charge in [-0.25, -0.2) is 0 Å². The third kappa shape index (κ3) is 5.44. The Morgan fingerprint density at radius 1 is 1.40 bits per heavy atom. The van der Waals surface area contributed by atoms with Crippen molar-refractivity contribution in [3.63, 3.8) is 0 Å². The normalized spacial score (nSPS) is 11.9. The number of alkyl halides is 3. The summed E-state index contributed by atoms with van der Waals surface area (Å²) in [5, 5.41) is 8.86. The minimum absolute atomic E-state index is 0.0317. The van der Waals surface area contributed by atoms with Crippen LogP contribution in [0.1, 0.15) is 16.7 Å². The zero-order valence-corrected chi connectivity index (χ0v) is 11.9. The molecule has 0 heterocycles. The molecule has 0 aliphatic carbocycles. The number of hydrogen-bond acceptors (Lipinski definition) is 3. The highest BCUT2D eigenvalue weighted by atomic mass is 32.1. The first-order valence-corrected chi connectivity index (χ1v) is 6.43. The smallest absolute Gasteiger partial charge is 0.395 e. The van der Waals surface area contributed by atoms with E-state index in [9.17, 15) is 13.2 Å².